The Balaban J connectivity index is 1.68. The fourth-order valence-electron chi connectivity index (χ4n) is 3.28. The van der Waals surface area contributed by atoms with Crippen LogP contribution in [0.15, 0.2) is 60.7 Å². The third-order valence-electron chi connectivity index (χ3n) is 4.53. The van der Waals surface area contributed by atoms with Crippen molar-refractivity contribution in [3.8, 4) is 0 Å². The number of benzene rings is 2. The number of hydrogen-bond acceptors (Lipinski definition) is 4. The highest BCUT2D eigenvalue weighted by molar-refractivity contribution is 7.91. The molecule has 1 saturated heterocycles. The Bertz CT molecular complexity index is 812. The van der Waals surface area contributed by atoms with Crippen molar-refractivity contribution < 1.29 is 17.9 Å². The van der Waals surface area contributed by atoms with E-state index in [1.165, 1.54) is 0 Å². The smallest absolute Gasteiger partial charge is 0.246 e. The van der Waals surface area contributed by atoms with Gasteiger partial charge in [0.25, 0.3) is 0 Å². The summed E-state index contributed by atoms with van der Waals surface area (Å²) in [5, 5.41) is 2.83. The van der Waals surface area contributed by atoms with Crippen LogP contribution in [0.1, 0.15) is 30.6 Å². The van der Waals surface area contributed by atoms with Crippen LogP contribution in [-0.2, 0) is 19.4 Å². The number of amides is 1. The third-order valence-corrected chi connectivity index (χ3v) is 6.43. The van der Waals surface area contributed by atoms with Crippen LogP contribution in [0, 0.1) is 0 Å². The molecular weight excluding hydrogens is 350 g/mol. The minimum atomic E-state index is -3.07. The second-order valence-corrected chi connectivity index (χ2v) is 9.15. The molecule has 3 rings (SSSR count). The standard InChI is InChI=1S/C20H23NO4S/c1-20(12-13-26(23,24)15-20)21-18(22)14-25-19(16-8-4-2-5-9-16)17-10-6-3-7-11-17/h2-11,19H,12-15H2,1H3,(H,21,22)/t20-/m0/s1. The lowest BCUT2D eigenvalue weighted by molar-refractivity contribution is -0.128. The molecular formula is C20H23NO4S. The summed E-state index contributed by atoms with van der Waals surface area (Å²) in [5.41, 5.74) is 1.20. The summed E-state index contributed by atoms with van der Waals surface area (Å²) < 4.78 is 29.3. The predicted octanol–water partition coefficient (Wildman–Crippen LogP) is 2.49. The molecule has 1 N–H and O–H groups in total. The average Bonchev–Trinajstić information content (AvgIpc) is 2.89. The summed E-state index contributed by atoms with van der Waals surface area (Å²) >= 11 is 0. The first kappa shape index (κ1) is 18.6. The van der Waals surface area contributed by atoms with Crippen molar-refractivity contribution in [2.45, 2.75) is 25.0 Å². The Morgan fingerprint density at radius 1 is 1.08 bits per heavy atom. The molecule has 0 unspecified atom stereocenters. The number of nitrogens with one attached hydrogen (secondary N) is 1. The summed E-state index contributed by atoms with van der Waals surface area (Å²) in [6, 6.07) is 19.4. The van der Waals surface area contributed by atoms with Crippen molar-refractivity contribution in [1.29, 1.82) is 0 Å². The molecule has 0 aliphatic carbocycles. The fraction of sp³-hybridized carbons (Fsp3) is 0.350. The summed E-state index contributed by atoms with van der Waals surface area (Å²) in [6.45, 7) is 1.63. The van der Waals surface area contributed by atoms with E-state index in [0.717, 1.165) is 11.1 Å². The molecule has 6 heteroatoms. The molecule has 1 fully saturated rings. The van der Waals surface area contributed by atoms with E-state index in [9.17, 15) is 13.2 Å². The Morgan fingerprint density at radius 2 is 1.62 bits per heavy atom. The van der Waals surface area contributed by atoms with Crippen molar-refractivity contribution in [3.63, 3.8) is 0 Å². The lowest BCUT2D eigenvalue weighted by atomic mass is 10.0. The van der Waals surface area contributed by atoms with Gasteiger partial charge in [-0.3, -0.25) is 4.79 Å². The van der Waals surface area contributed by atoms with E-state index in [1.807, 2.05) is 60.7 Å². The minimum absolute atomic E-state index is 0.0213. The average molecular weight is 373 g/mol. The van der Waals surface area contributed by atoms with E-state index < -0.39 is 15.4 Å². The largest absolute Gasteiger partial charge is 0.359 e. The van der Waals surface area contributed by atoms with Crippen molar-refractivity contribution in [1.82, 2.24) is 5.32 Å². The van der Waals surface area contributed by atoms with Gasteiger partial charge in [-0.05, 0) is 24.5 Å². The topological polar surface area (TPSA) is 72.5 Å². The zero-order valence-corrected chi connectivity index (χ0v) is 15.5. The molecule has 1 aliphatic heterocycles. The van der Waals surface area contributed by atoms with E-state index in [1.54, 1.807) is 6.92 Å². The molecule has 0 aromatic heterocycles. The van der Waals surface area contributed by atoms with Crippen molar-refractivity contribution >= 4 is 15.7 Å². The second kappa shape index (κ2) is 7.60. The van der Waals surface area contributed by atoms with Crippen molar-refractivity contribution in [3.05, 3.63) is 71.8 Å². The summed E-state index contributed by atoms with van der Waals surface area (Å²) in [4.78, 5) is 12.4. The Morgan fingerprint density at radius 3 is 2.08 bits per heavy atom. The zero-order valence-electron chi connectivity index (χ0n) is 14.7. The molecule has 138 valence electrons. The van der Waals surface area contributed by atoms with Gasteiger partial charge in [-0.2, -0.15) is 0 Å². The maximum atomic E-state index is 12.4. The third kappa shape index (κ3) is 4.71. The van der Waals surface area contributed by atoms with Crippen LogP contribution >= 0.6 is 0 Å². The molecule has 1 atom stereocenters. The Hall–Kier alpha value is -2.18. The number of carbonyl (C=O) groups excluding carboxylic acids is 1. The van der Waals surface area contributed by atoms with Gasteiger partial charge in [0, 0.05) is 0 Å². The molecule has 0 radical (unpaired) electrons. The van der Waals surface area contributed by atoms with Crippen LogP contribution in [-0.4, -0.2) is 38.0 Å². The molecule has 26 heavy (non-hydrogen) atoms. The molecule has 2 aromatic carbocycles. The van der Waals surface area contributed by atoms with Gasteiger partial charge in [0.15, 0.2) is 9.84 Å². The Labute approximate surface area is 154 Å². The van der Waals surface area contributed by atoms with Crippen LogP contribution in [0.4, 0.5) is 0 Å². The molecule has 2 aromatic rings. The SMILES string of the molecule is C[C@]1(NC(=O)COC(c2ccccc2)c2ccccc2)CCS(=O)(=O)C1. The molecule has 1 heterocycles. The maximum absolute atomic E-state index is 12.4. The highest BCUT2D eigenvalue weighted by atomic mass is 32.2. The van der Waals surface area contributed by atoms with Crippen LogP contribution in [0.3, 0.4) is 0 Å². The van der Waals surface area contributed by atoms with Crippen molar-refractivity contribution in [2.24, 2.45) is 0 Å². The van der Waals surface area contributed by atoms with E-state index >= 15 is 0 Å². The van der Waals surface area contributed by atoms with Gasteiger partial charge in [0.2, 0.25) is 5.91 Å². The normalized spacial score (nSPS) is 21.6. The van der Waals surface area contributed by atoms with Gasteiger partial charge in [-0.1, -0.05) is 60.7 Å². The molecule has 0 saturated carbocycles. The van der Waals surface area contributed by atoms with Crippen molar-refractivity contribution in [2.75, 3.05) is 18.1 Å². The van der Waals surface area contributed by atoms with Gasteiger partial charge in [-0.25, -0.2) is 8.42 Å². The van der Waals surface area contributed by atoms with Crippen LogP contribution in [0.25, 0.3) is 0 Å². The van der Waals surface area contributed by atoms with Crippen LogP contribution < -0.4 is 5.32 Å². The monoisotopic (exact) mass is 373 g/mol. The van der Waals surface area contributed by atoms with E-state index in [2.05, 4.69) is 5.32 Å². The van der Waals surface area contributed by atoms with Gasteiger partial charge >= 0.3 is 0 Å². The summed E-state index contributed by atoms with van der Waals surface area (Å²) in [7, 11) is -3.07. The van der Waals surface area contributed by atoms with Gasteiger partial charge in [0.1, 0.15) is 12.7 Å². The number of carbonyl (C=O) groups is 1. The number of sulfone groups is 1. The first-order chi connectivity index (χ1) is 12.4. The minimum Gasteiger partial charge on any atom is -0.359 e. The maximum Gasteiger partial charge on any atom is 0.246 e. The lowest BCUT2D eigenvalue weighted by Crippen LogP contribution is -2.48. The fourth-order valence-corrected chi connectivity index (χ4v) is 5.37. The van der Waals surface area contributed by atoms with E-state index in [4.69, 9.17) is 4.74 Å². The summed E-state index contributed by atoms with van der Waals surface area (Å²) in [6.07, 6.45) is 0.0743. The molecule has 1 aliphatic rings. The van der Waals surface area contributed by atoms with Gasteiger partial charge in [-0.15, -0.1) is 0 Å². The van der Waals surface area contributed by atoms with Gasteiger partial charge in [0.05, 0.1) is 17.0 Å². The van der Waals surface area contributed by atoms with Gasteiger partial charge < -0.3 is 10.1 Å². The molecule has 0 bridgehead atoms. The number of ether oxygens (including phenoxy) is 1. The van der Waals surface area contributed by atoms with E-state index in [-0.39, 0.29) is 30.1 Å². The summed E-state index contributed by atoms with van der Waals surface area (Å²) in [5.74, 6) is -0.213. The highest BCUT2D eigenvalue weighted by Gasteiger charge is 2.39. The zero-order chi connectivity index (χ0) is 18.6. The van der Waals surface area contributed by atoms with Crippen LogP contribution in [0.5, 0.6) is 0 Å². The van der Waals surface area contributed by atoms with Crippen LogP contribution in [0.2, 0.25) is 0 Å². The van der Waals surface area contributed by atoms with E-state index in [0.29, 0.717) is 6.42 Å². The first-order valence-corrected chi connectivity index (χ1v) is 10.4. The highest BCUT2D eigenvalue weighted by Crippen LogP contribution is 2.26. The lowest BCUT2D eigenvalue weighted by Gasteiger charge is -2.25. The molecule has 0 spiro atoms. The predicted molar refractivity (Wildman–Crippen MR) is 100 cm³/mol. The molecule has 5 nitrogen and oxygen atoms in total. The second-order valence-electron chi connectivity index (χ2n) is 6.96. The quantitative estimate of drug-likeness (QED) is 0.844. The number of hydrogen-bond donors (Lipinski definition) is 1. The molecule has 1 amide bonds. The first-order valence-electron chi connectivity index (χ1n) is 8.60. The Kier molecular flexibility index (Phi) is 5.44. The number of rotatable bonds is 6.